The summed E-state index contributed by atoms with van der Waals surface area (Å²) in [7, 11) is 0. The van der Waals surface area contributed by atoms with Crippen LogP contribution in [0.15, 0.2) is 23.1 Å². The maximum Gasteiger partial charge on any atom is 0.266 e. The van der Waals surface area contributed by atoms with E-state index < -0.39 is 11.7 Å². The molecule has 0 saturated carbocycles. The van der Waals surface area contributed by atoms with Crippen molar-refractivity contribution in [1.29, 1.82) is 5.26 Å². The smallest absolute Gasteiger partial charge is 0.266 e. The molecule has 0 amide bonds. The zero-order chi connectivity index (χ0) is 31.2. The number of aliphatic hydroxyl groups is 1. The standard InChI is InChI=1S/C32H36Cl2N4O6/c1-18-11-25(33)23(16-43-28-7-3-5-9-41-28)27(37-18)13-20-21(14-35)32(40)36-15-22(20)31(39)30-24(26(34)12-19(2)38-30)17-44-29-8-4-6-10-42-29/h11-12,15,28-29,31,39H,3-10,13,16-17H2,1-2H3,(H,36,40). The van der Waals surface area contributed by atoms with E-state index in [-0.39, 0.29) is 49.0 Å². The van der Waals surface area contributed by atoms with E-state index in [1.165, 1.54) is 6.20 Å². The third-order valence-corrected chi connectivity index (χ3v) is 8.54. The normalized spacial score (nSPS) is 19.5. The number of halogens is 2. The summed E-state index contributed by atoms with van der Waals surface area (Å²) in [6.07, 6.45) is 4.87. The first-order chi connectivity index (χ1) is 21.2. The van der Waals surface area contributed by atoms with Gasteiger partial charge in [-0.05, 0) is 70.1 Å². The third-order valence-electron chi connectivity index (χ3n) is 7.86. The van der Waals surface area contributed by atoms with Gasteiger partial charge in [-0.3, -0.25) is 14.8 Å². The first kappa shape index (κ1) is 32.5. The van der Waals surface area contributed by atoms with Crippen molar-refractivity contribution in [1.82, 2.24) is 15.0 Å². The first-order valence-electron chi connectivity index (χ1n) is 14.8. The minimum atomic E-state index is -1.35. The average molecular weight is 644 g/mol. The van der Waals surface area contributed by atoms with Gasteiger partial charge >= 0.3 is 0 Å². The van der Waals surface area contributed by atoms with Gasteiger partial charge in [-0.15, -0.1) is 0 Å². The maximum atomic E-state index is 12.9. The lowest BCUT2D eigenvalue weighted by Gasteiger charge is -2.25. The summed E-state index contributed by atoms with van der Waals surface area (Å²) in [5.74, 6) is 0. The second kappa shape index (κ2) is 14.9. The van der Waals surface area contributed by atoms with Crippen LogP contribution in [0.1, 0.15) is 95.2 Å². The lowest BCUT2D eigenvalue weighted by molar-refractivity contribution is -0.169. The number of H-pyrrole nitrogens is 1. The molecule has 2 fully saturated rings. The van der Waals surface area contributed by atoms with Crippen molar-refractivity contribution in [2.75, 3.05) is 13.2 Å². The number of pyridine rings is 3. The number of nitriles is 1. The topological polar surface area (TPSA) is 140 Å². The highest BCUT2D eigenvalue weighted by molar-refractivity contribution is 6.31. The van der Waals surface area contributed by atoms with E-state index in [2.05, 4.69) is 9.97 Å². The van der Waals surface area contributed by atoms with E-state index in [1.54, 1.807) is 19.1 Å². The average Bonchev–Trinajstić information content (AvgIpc) is 3.01. The van der Waals surface area contributed by atoms with E-state index in [1.807, 2.05) is 13.0 Å². The molecule has 3 atom stereocenters. The number of aliphatic hydroxyl groups excluding tert-OH is 1. The van der Waals surface area contributed by atoms with Crippen LogP contribution >= 0.6 is 23.2 Å². The number of rotatable bonds is 10. The molecule has 2 saturated heterocycles. The molecule has 5 heterocycles. The van der Waals surface area contributed by atoms with Gasteiger partial charge in [0.1, 0.15) is 17.7 Å². The second-order valence-corrected chi connectivity index (χ2v) is 11.9. The summed E-state index contributed by atoms with van der Waals surface area (Å²) in [6, 6.07) is 5.46. The highest BCUT2D eigenvalue weighted by Crippen LogP contribution is 2.34. The quantitative estimate of drug-likeness (QED) is 0.284. The van der Waals surface area contributed by atoms with Crippen LogP contribution in [0.3, 0.4) is 0 Å². The van der Waals surface area contributed by atoms with Gasteiger partial charge in [0.15, 0.2) is 12.6 Å². The van der Waals surface area contributed by atoms with Crippen LogP contribution in [0, 0.1) is 25.2 Å². The summed E-state index contributed by atoms with van der Waals surface area (Å²) < 4.78 is 23.5. The predicted octanol–water partition coefficient (Wildman–Crippen LogP) is 5.72. The summed E-state index contributed by atoms with van der Waals surface area (Å²) >= 11 is 13.3. The number of hydrogen-bond acceptors (Lipinski definition) is 9. The number of aryl methyl sites for hydroxylation is 2. The highest BCUT2D eigenvalue weighted by atomic mass is 35.5. The Hall–Kier alpha value is -2.88. The van der Waals surface area contributed by atoms with Crippen molar-refractivity contribution in [2.24, 2.45) is 0 Å². The summed E-state index contributed by atoms with van der Waals surface area (Å²) in [5, 5.41) is 22.7. The molecule has 234 valence electrons. The Balaban J connectivity index is 1.52. The Labute approximate surface area is 266 Å². The van der Waals surface area contributed by atoms with Gasteiger partial charge in [0.2, 0.25) is 0 Å². The summed E-state index contributed by atoms with van der Waals surface area (Å²) in [4.78, 5) is 24.8. The van der Waals surface area contributed by atoms with E-state index >= 15 is 0 Å². The van der Waals surface area contributed by atoms with Gasteiger partial charge in [0, 0.05) is 64.0 Å². The molecule has 5 rings (SSSR count). The molecule has 0 bridgehead atoms. The molecule has 2 aliphatic rings. The minimum Gasteiger partial charge on any atom is -0.382 e. The molecule has 10 nitrogen and oxygen atoms in total. The van der Waals surface area contributed by atoms with E-state index in [0.29, 0.717) is 57.0 Å². The van der Waals surface area contributed by atoms with Crippen molar-refractivity contribution < 1.29 is 24.1 Å². The highest BCUT2D eigenvalue weighted by Gasteiger charge is 2.27. The minimum absolute atomic E-state index is 0.0338. The molecule has 2 aliphatic heterocycles. The van der Waals surface area contributed by atoms with Crippen LogP contribution in [0.25, 0.3) is 0 Å². The number of ether oxygens (including phenoxy) is 4. The van der Waals surface area contributed by atoms with Crippen molar-refractivity contribution in [2.45, 2.75) is 90.7 Å². The monoisotopic (exact) mass is 642 g/mol. The molecule has 3 aromatic heterocycles. The molecule has 0 spiro atoms. The molecule has 44 heavy (non-hydrogen) atoms. The summed E-state index contributed by atoms with van der Waals surface area (Å²) in [5.41, 5.74) is 3.00. The zero-order valence-corrected chi connectivity index (χ0v) is 26.3. The van der Waals surface area contributed by atoms with Gasteiger partial charge in [0.05, 0.1) is 24.6 Å². The molecule has 0 aromatic carbocycles. The molecular formula is C32H36Cl2N4O6. The molecule has 12 heteroatoms. The Morgan fingerprint density at radius 1 is 0.977 bits per heavy atom. The zero-order valence-electron chi connectivity index (χ0n) is 24.8. The van der Waals surface area contributed by atoms with Crippen LogP contribution in [-0.2, 0) is 38.6 Å². The number of aromatic amines is 1. The van der Waals surface area contributed by atoms with Crippen molar-refractivity contribution in [3.63, 3.8) is 0 Å². The Bertz CT molecular complexity index is 1580. The number of nitrogens with zero attached hydrogens (tertiary/aromatic N) is 3. The SMILES string of the molecule is Cc1cc(Cl)c(COC2CCCCO2)c(Cc2c(C(O)c3nc(C)cc(Cl)c3COC3CCCCO3)c[nH]c(=O)c2C#N)n1. The van der Waals surface area contributed by atoms with E-state index in [4.69, 9.17) is 47.1 Å². The number of aromatic nitrogens is 3. The fourth-order valence-corrected chi connectivity index (χ4v) is 6.19. The van der Waals surface area contributed by atoms with Gasteiger partial charge in [-0.25, -0.2) is 0 Å². The van der Waals surface area contributed by atoms with Crippen molar-refractivity contribution in [3.8, 4) is 6.07 Å². The van der Waals surface area contributed by atoms with Gasteiger partial charge < -0.3 is 29.0 Å². The van der Waals surface area contributed by atoms with Crippen LogP contribution in [0.5, 0.6) is 0 Å². The Morgan fingerprint density at radius 3 is 2.16 bits per heavy atom. The third kappa shape index (κ3) is 7.66. The van der Waals surface area contributed by atoms with Gasteiger partial charge in [-0.2, -0.15) is 5.26 Å². The first-order valence-corrected chi connectivity index (χ1v) is 15.6. The van der Waals surface area contributed by atoms with Crippen LogP contribution in [0.2, 0.25) is 10.0 Å². The van der Waals surface area contributed by atoms with Gasteiger partial charge in [0.25, 0.3) is 5.56 Å². The largest absolute Gasteiger partial charge is 0.382 e. The Kier molecular flexibility index (Phi) is 11.0. The van der Waals surface area contributed by atoms with Crippen LogP contribution in [0.4, 0.5) is 0 Å². The van der Waals surface area contributed by atoms with Crippen molar-refractivity contribution >= 4 is 23.2 Å². The molecule has 0 aliphatic carbocycles. The van der Waals surface area contributed by atoms with Crippen LogP contribution < -0.4 is 5.56 Å². The molecular weight excluding hydrogens is 607 g/mol. The number of nitrogens with one attached hydrogen (secondary N) is 1. The molecule has 3 unspecified atom stereocenters. The lowest BCUT2D eigenvalue weighted by atomic mass is 9.92. The summed E-state index contributed by atoms with van der Waals surface area (Å²) in [6.45, 7) is 5.03. The molecule has 3 aromatic rings. The van der Waals surface area contributed by atoms with Gasteiger partial charge in [-0.1, -0.05) is 23.2 Å². The lowest BCUT2D eigenvalue weighted by Crippen LogP contribution is -2.23. The Morgan fingerprint density at radius 2 is 1.57 bits per heavy atom. The molecule has 2 N–H and O–H groups in total. The molecule has 0 radical (unpaired) electrons. The van der Waals surface area contributed by atoms with Crippen LogP contribution in [-0.4, -0.2) is 45.9 Å². The predicted molar refractivity (Wildman–Crippen MR) is 163 cm³/mol. The van der Waals surface area contributed by atoms with Crippen molar-refractivity contribution in [3.05, 3.63) is 89.3 Å². The van der Waals surface area contributed by atoms with E-state index in [0.717, 1.165) is 38.5 Å². The fourth-order valence-electron chi connectivity index (χ4n) is 5.56. The second-order valence-electron chi connectivity index (χ2n) is 11.1. The number of hydrogen-bond donors (Lipinski definition) is 2. The van der Waals surface area contributed by atoms with E-state index in [9.17, 15) is 15.2 Å². The fraction of sp³-hybridized carbons (Fsp3) is 0.500. The maximum absolute atomic E-state index is 12.9.